The second-order valence-electron chi connectivity index (χ2n) is 6.11. The van der Waals surface area contributed by atoms with Crippen molar-refractivity contribution in [3.63, 3.8) is 0 Å². The quantitative estimate of drug-likeness (QED) is 0.752. The van der Waals surface area contributed by atoms with E-state index < -0.39 is 0 Å². The molecule has 0 amide bonds. The Balaban J connectivity index is 2.49. The predicted molar refractivity (Wildman–Crippen MR) is 78.1 cm³/mol. The third kappa shape index (κ3) is 2.08. The van der Waals surface area contributed by atoms with Crippen molar-refractivity contribution in [1.82, 2.24) is 9.80 Å². The van der Waals surface area contributed by atoms with Gasteiger partial charge in [-0.3, -0.25) is 4.90 Å². The number of aryl methyl sites for hydroxylation is 1. The lowest BCUT2D eigenvalue weighted by atomic mass is 9.83. The molecule has 2 heteroatoms. The standard InChI is InChI=1S/C16H26N2/c1-12-7-8-15(14(3)13(12)2)16(4)11-17(5)9-10-18(16)6/h7-8H,9-11H2,1-6H3. The molecule has 100 valence electrons. The number of rotatable bonds is 1. The summed E-state index contributed by atoms with van der Waals surface area (Å²) in [4.78, 5) is 4.94. The molecule has 1 aliphatic heterocycles. The van der Waals surface area contributed by atoms with Crippen molar-refractivity contribution < 1.29 is 0 Å². The minimum atomic E-state index is 0.134. The van der Waals surface area contributed by atoms with E-state index in [4.69, 9.17) is 0 Å². The Hall–Kier alpha value is -0.860. The monoisotopic (exact) mass is 246 g/mol. The van der Waals surface area contributed by atoms with Gasteiger partial charge in [-0.25, -0.2) is 0 Å². The maximum Gasteiger partial charge on any atom is 0.0560 e. The van der Waals surface area contributed by atoms with Gasteiger partial charge in [-0.05, 0) is 64.0 Å². The molecule has 0 N–H and O–H groups in total. The molecular formula is C16H26N2. The summed E-state index contributed by atoms with van der Waals surface area (Å²) in [5.41, 5.74) is 5.91. The molecule has 1 aromatic carbocycles. The fourth-order valence-electron chi connectivity index (χ4n) is 3.12. The van der Waals surface area contributed by atoms with Gasteiger partial charge < -0.3 is 4.90 Å². The smallest absolute Gasteiger partial charge is 0.0560 e. The molecule has 1 aromatic rings. The zero-order valence-corrected chi connectivity index (χ0v) is 12.7. The molecular weight excluding hydrogens is 220 g/mol. The molecule has 1 fully saturated rings. The minimum absolute atomic E-state index is 0.134. The zero-order valence-electron chi connectivity index (χ0n) is 12.7. The third-order valence-electron chi connectivity index (χ3n) is 4.88. The lowest BCUT2D eigenvalue weighted by Gasteiger charge is -2.47. The van der Waals surface area contributed by atoms with Gasteiger partial charge in [0.25, 0.3) is 0 Å². The molecule has 0 aromatic heterocycles. The molecule has 2 rings (SSSR count). The topological polar surface area (TPSA) is 6.48 Å². The normalized spacial score (nSPS) is 26.6. The summed E-state index contributed by atoms with van der Waals surface area (Å²) in [5.74, 6) is 0. The van der Waals surface area contributed by atoms with E-state index in [1.165, 1.54) is 22.3 Å². The fraction of sp³-hybridized carbons (Fsp3) is 0.625. The van der Waals surface area contributed by atoms with E-state index in [1.807, 2.05) is 0 Å². The van der Waals surface area contributed by atoms with Gasteiger partial charge in [0.05, 0.1) is 5.54 Å². The summed E-state index contributed by atoms with van der Waals surface area (Å²) in [6.07, 6.45) is 0. The molecule has 0 spiro atoms. The van der Waals surface area contributed by atoms with Crippen molar-refractivity contribution >= 4 is 0 Å². The zero-order chi connectivity index (χ0) is 13.5. The van der Waals surface area contributed by atoms with Crippen LogP contribution in [0.5, 0.6) is 0 Å². The first kappa shape index (κ1) is 13.6. The van der Waals surface area contributed by atoms with Gasteiger partial charge in [-0.2, -0.15) is 0 Å². The number of hydrogen-bond acceptors (Lipinski definition) is 2. The number of piperazine rings is 1. The molecule has 0 radical (unpaired) electrons. The van der Waals surface area contributed by atoms with Gasteiger partial charge in [0.15, 0.2) is 0 Å². The molecule has 2 nitrogen and oxygen atoms in total. The Morgan fingerprint density at radius 3 is 2.33 bits per heavy atom. The van der Waals surface area contributed by atoms with Crippen molar-refractivity contribution in [3.05, 3.63) is 34.4 Å². The van der Waals surface area contributed by atoms with Crippen LogP contribution in [0.15, 0.2) is 12.1 Å². The summed E-state index contributed by atoms with van der Waals surface area (Å²) in [7, 11) is 4.48. The average molecular weight is 246 g/mol. The predicted octanol–water partition coefficient (Wildman–Crippen LogP) is 2.70. The largest absolute Gasteiger partial charge is 0.303 e. The molecule has 18 heavy (non-hydrogen) atoms. The first-order chi connectivity index (χ1) is 8.36. The van der Waals surface area contributed by atoms with Crippen LogP contribution in [0, 0.1) is 20.8 Å². The van der Waals surface area contributed by atoms with Crippen LogP contribution >= 0.6 is 0 Å². The van der Waals surface area contributed by atoms with Gasteiger partial charge in [0.1, 0.15) is 0 Å². The Kier molecular flexibility index (Phi) is 3.52. The Morgan fingerprint density at radius 2 is 1.67 bits per heavy atom. The number of likely N-dealkylation sites (N-methyl/N-ethyl adjacent to an activating group) is 2. The Bertz CT molecular complexity index is 453. The van der Waals surface area contributed by atoms with E-state index >= 15 is 0 Å². The Morgan fingerprint density at radius 1 is 1.00 bits per heavy atom. The fourth-order valence-corrected chi connectivity index (χ4v) is 3.12. The van der Waals surface area contributed by atoms with E-state index in [9.17, 15) is 0 Å². The average Bonchev–Trinajstić information content (AvgIpc) is 2.31. The molecule has 1 saturated heterocycles. The highest BCUT2D eigenvalue weighted by atomic mass is 15.3. The summed E-state index contributed by atoms with van der Waals surface area (Å²) >= 11 is 0. The van der Waals surface area contributed by atoms with E-state index in [-0.39, 0.29) is 5.54 Å². The van der Waals surface area contributed by atoms with E-state index in [1.54, 1.807) is 0 Å². The van der Waals surface area contributed by atoms with Crippen LogP contribution in [0.3, 0.4) is 0 Å². The SMILES string of the molecule is Cc1ccc(C2(C)CN(C)CCN2C)c(C)c1C. The molecule has 1 heterocycles. The number of hydrogen-bond donors (Lipinski definition) is 0. The summed E-state index contributed by atoms with van der Waals surface area (Å²) < 4.78 is 0. The van der Waals surface area contributed by atoms with Crippen molar-refractivity contribution in [2.24, 2.45) is 0 Å². The van der Waals surface area contributed by atoms with Crippen LogP contribution in [0.25, 0.3) is 0 Å². The van der Waals surface area contributed by atoms with Crippen LogP contribution in [0.1, 0.15) is 29.2 Å². The molecule has 0 aliphatic carbocycles. The molecule has 1 atom stereocenters. The maximum atomic E-state index is 2.50. The van der Waals surface area contributed by atoms with Gasteiger partial charge >= 0.3 is 0 Å². The van der Waals surface area contributed by atoms with Crippen molar-refractivity contribution in [2.45, 2.75) is 33.2 Å². The summed E-state index contributed by atoms with van der Waals surface area (Å²) in [6.45, 7) is 12.5. The van der Waals surface area contributed by atoms with Crippen LogP contribution in [0.4, 0.5) is 0 Å². The molecule has 0 bridgehead atoms. The van der Waals surface area contributed by atoms with Crippen molar-refractivity contribution in [1.29, 1.82) is 0 Å². The van der Waals surface area contributed by atoms with Gasteiger partial charge in [0.2, 0.25) is 0 Å². The second kappa shape index (κ2) is 4.67. The number of benzene rings is 1. The van der Waals surface area contributed by atoms with Gasteiger partial charge in [0, 0.05) is 19.6 Å². The lowest BCUT2D eigenvalue weighted by molar-refractivity contribution is 0.0375. The van der Waals surface area contributed by atoms with Crippen molar-refractivity contribution in [3.8, 4) is 0 Å². The van der Waals surface area contributed by atoms with E-state index in [0.717, 1.165) is 19.6 Å². The van der Waals surface area contributed by atoms with Gasteiger partial charge in [-0.1, -0.05) is 12.1 Å². The number of nitrogens with zero attached hydrogens (tertiary/aromatic N) is 2. The van der Waals surface area contributed by atoms with Crippen LogP contribution in [-0.2, 0) is 5.54 Å². The maximum absolute atomic E-state index is 2.50. The molecule has 1 aliphatic rings. The van der Waals surface area contributed by atoms with Crippen LogP contribution < -0.4 is 0 Å². The summed E-state index contributed by atoms with van der Waals surface area (Å²) in [5, 5.41) is 0. The van der Waals surface area contributed by atoms with Crippen LogP contribution in [0.2, 0.25) is 0 Å². The molecule has 1 unspecified atom stereocenters. The highest BCUT2D eigenvalue weighted by Crippen LogP contribution is 2.34. The lowest BCUT2D eigenvalue weighted by Crippen LogP contribution is -2.56. The van der Waals surface area contributed by atoms with E-state index in [2.05, 4.69) is 63.7 Å². The molecule has 0 saturated carbocycles. The third-order valence-corrected chi connectivity index (χ3v) is 4.88. The van der Waals surface area contributed by atoms with Crippen molar-refractivity contribution in [2.75, 3.05) is 33.7 Å². The highest BCUT2D eigenvalue weighted by molar-refractivity contribution is 5.42. The van der Waals surface area contributed by atoms with Gasteiger partial charge in [-0.15, -0.1) is 0 Å². The minimum Gasteiger partial charge on any atom is -0.303 e. The van der Waals surface area contributed by atoms with Crippen LogP contribution in [-0.4, -0.2) is 43.5 Å². The first-order valence-corrected chi connectivity index (χ1v) is 6.83. The Labute approximate surface area is 112 Å². The second-order valence-corrected chi connectivity index (χ2v) is 6.11. The highest BCUT2D eigenvalue weighted by Gasteiger charge is 2.37. The first-order valence-electron chi connectivity index (χ1n) is 6.83. The summed E-state index contributed by atoms with van der Waals surface area (Å²) in [6, 6.07) is 4.60. The van der Waals surface area contributed by atoms with E-state index in [0.29, 0.717) is 0 Å².